The molecule has 0 saturated carbocycles. The Balaban J connectivity index is 1.49. The first-order valence-electron chi connectivity index (χ1n) is 8.05. The summed E-state index contributed by atoms with van der Waals surface area (Å²) in [6.45, 7) is 0.602. The van der Waals surface area contributed by atoms with Gasteiger partial charge in [0, 0.05) is 6.54 Å². The number of benzene rings is 1. The van der Waals surface area contributed by atoms with E-state index in [-0.39, 0.29) is 24.9 Å². The average molecular weight is 363 g/mol. The lowest BCUT2D eigenvalue weighted by atomic mass is 10.2. The fourth-order valence-corrected chi connectivity index (χ4v) is 3.43. The number of nitrogens with zero attached hydrogens (tertiary/aromatic N) is 1. The average Bonchev–Trinajstić information content (AvgIpc) is 3.30. The van der Waals surface area contributed by atoms with Crippen LogP contribution < -0.4 is 4.74 Å². The van der Waals surface area contributed by atoms with Gasteiger partial charge in [0.05, 0.1) is 4.88 Å². The van der Waals surface area contributed by atoms with Gasteiger partial charge in [-0.2, -0.15) is 0 Å². The third-order valence-electron chi connectivity index (χ3n) is 3.94. The summed E-state index contributed by atoms with van der Waals surface area (Å²) in [6, 6.07) is 9.03. The fraction of sp³-hybridized carbons (Fsp3) is 0.333. The molecule has 1 aromatic carbocycles. The second kappa shape index (κ2) is 8.11. The van der Waals surface area contributed by atoms with E-state index >= 15 is 0 Å². The lowest BCUT2D eigenvalue weighted by Gasteiger charge is -2.22. The summed E-state index contributed by atoms with van der Waals surface area (Å²) < 4.78 is 23.9. The van der Waals surface area contributed by atoms with E-state index in [4.69, 9.17) is 9.47 Å². The lowest BCUT2D eigenvalue weighted by Crippen LogP contribution is -2.41. The second-order valence-electron chi connectivity index (χ2n) is 5.58. The number of amides is 1. The van der Waals surface area contributed by atoms with Crippen LogP contribution in [-0.4, -0.2) is 42.6 Å². The number of esters is 1. The predicted molar refractivity (Wildman–Crippen MR) is 91.2 cm³/mol. The first-order valence-corrected chi connectivity index (χ1v) is 8.93. The van der Waals surface area contributed by atoms with Gasteiger partial charge in [-0.05, 0) is 36.4 Å². The minimum absolute atomic E-state index is 0.00466. The smallest absolute Gasteiger partial charge is 0.328 e. The van der Waals surface area contributed by atoms with Crippen LogP contribution in [0, 0.1) is 5.82 Å². The number of thiophene rings is 1. The zero-order valence-electron chi connectivity index (χ0n) is 13.5. The number of para-hydroxylation sites is 1. The van der Waals surface area contributed by atoms with E-state index in [9.17, 15) is 14.0 Å². The molecule has 1 aromatic heterocycles. The molecule has 5 nitrogen and oxygen atoms in total. The van der Waals surface area contributed by atoms with Gasteiger partial charge in [-0.3, -0.25) is 4.79 Å². The van der Waals surface area contributed by atoms with Crippen LogP contribution in [0.15, 0.2) is 41.8 Å². The Bertz CT molecular complexity index is 734. The maximum atomic E-state index is 13.4. The van der Waals surface area contributed by atoms with Gasteiger partial charge < -0.3 is 14.4 Å². The number of likely N-dealkylation sites (tertiary alicyclic amines) is 1. The number of carbonyl (C=O) groups is 2. The highest BCUT2D eigenvalue weighted by Crippen LogP contribution is 2.23. The largest absolute Gasteiger partial charge is 0.487 e. The van der Waals surface area contributed by atoms with Crippen LogP contribution in [0.25, 0.3) is 0 Å². The van der Waals surface area contributed by atoms with Crippen LogP contribution in [0.5, 0.6) is 5.75 Å². The van der Waals surface area contributed by atoms with Crippen LogP contribution >= 0.6 is 11.3 Å². The van der Waals surface area contributed by atoms with Gasteiger partial charge in [0.15, 0.2) is 11.6 Å². The topological polar surface area (TPSA) is 55.8 Å². The maximum Gasteiger partial charge on any atom is 0.328 e. The minimum atomic E-state index is -0.567. The highest BCUT2D eigenvalue weighted by Gasteiger charge is 2.35. The number of hydrogen-bond donors (Lipinski definition) is 0. The van der Waals surface area contributed by atoms with E-state index < -0.39 is 17.8 Å². The van der Waals surface area contributed by atoms with Gasteiger partial charge in [0.2, 0.25) is 0 Å². The normalized spacial score (nSPS) is 16.7. The van der Waals surface area contributed by atoms with Gasteiger partial charge in [-0.25, -0.2) is 9.18 Å². The Morgan fingerprint density at radius 2 is 2.04 bits per heavy atom. The summed E-state index contributed by atoms with van der Waals surface area (Å²) in [5.74, 6) is -0.928. The predicted octanol–water partition coefficient (Wildman–Crippen LogP) is 3.11. The van der Waals surface area contributed by atoms with Crippen molar-refractivity contribution in [3.8, 4) is 5.75 Å². The Labute approximate surface area is 149 Å². The molecule has 1 saturated heterocycles. The first kappa shape index (κ1) is 17.4. The Morgan fingerprint density at radius 3 is 2.80 bits per heavy atom. The molecule has 1 unspecified atom stereocenters. The van der Waals surface area contributed by atoms with Crippen LogP contribution in [-0.2, 0) is 9.53 Å². The third-order valence-corrected chi connectivity index (χ3v) is 4.80. The summed E-state index contributed by atoms with van der Waals surface area (Å²) >= 11 is 1.35. The van der Waals surface area contributed by atoms with E-state index in [0.717, 1.165) is 6.42 Å². The zero-order chi connectivity index (χ0) is 17.6. The lowest BCUT2D eigenvalue weighted by molar-refractivity contribution is -0.148. The van der Waals surface area contributed by atoms with Crippen LogP contribution in [0.3, 0.4) is 0 Å². The van der Waals surface area contributed by atoms with Crippen molar-refractivity contribution in [2.24, 2.45) is 0 Å². The molecule has 1 atom stereocenters. The zero-order valence-corrected chi connectivity index (χ0v) is 14.3. The molecule has 0 aliphatic carbocycles. The van der Waals surface area contributed by atoms with E-state index in [1.54, 1.807) is 29.2 Å². The van der Waals surface area contributed by atoms with Gasteiger partial charge in [0.1, 0.15) is 19.3 Å². The molecule has 3 rings (SSSR count). The molecule has 1 aliphatic heterocycles. The van der Waals surface area contributed by atoms with E-state index in [1.165, 1.54) is 23.5 Å². The molecular weight excluding hydrogens is 345 g/mol. The van der Waals surface area contributed by atoms with Crippen molar-refractivity contribution in [2.45, 2.75) is 18.9 Å². The molecule has 0 spiro atoms. The van der Waals surface area contributed by atoms with Crippen molar-refractivity contribution >= 4 is 23.2 Å². The summed E-state index contributed by atoms with van der Waals surface area (Å²) in [6.07, 6.45) is 1.35. The molecular formula is C18H18FNO4S. The summed E-state index contributed by atoms with van der Waals surface area (Å²) in [7, 11) is 0. The van der Waals surface area contributed by atoms with E-state index in [0.29, 0.717) is 17.8 Å². The molecule has 7 heteroatoms. The SMILES string of the molecule is O=C(OCCOc1ccccc1F)C1CCCN1C(=O)c1cccs1. The molecule has 0 radical (unpaired) electrons. The molecule has 1 fully saturated rings. The quantitative estimate of drug-likeness (QED) is 0.585. The fourth-order valence-electron chi connectivity index (χ4n) is 2.75. The monoisotopic (exact) mass is 363 g/mol. The van der Waals surface area contributed by atoms with Gasteiger partial charge in [0.25, 0.3) is 5.91 Å². The molecule has 2 heterocycles. The highest BCUT2D eigenvalue weighted by molar-refractivity contribution is 7.12. The summed E-state index contributed by atoms with van der Waals surface area (Å²) in [5, 5.41) is 1.83. The highest BCUT2D eigenvalue weighted by atomic mass is 32.1. The number of rotatable bonds is 6. The van der Waals surface area contributed by atoms with Gasteiger partial charge in [-0.15, -0.1) is 11.3 Å². The number of ether oxygens (including phenoxy) is 2. The van der Waals surface area contributed by atoms with Crippen molar-refractivity contribution in [1.29, 1.82) is 0 Å². The first-order chi connectivity index (χ1) is 12.2. The maximum absolute atomic E-state index is 13.4. The van der Waals surface area contributed by atoms with Crippen molar-refractivity contribution in [2.75, 3.05) is 19.8 Å². The Morgan fingerprint density at radius 1 is 1.20 bits per heavy atom. The van der Waals surface area contributed by atoms with Crippen LogP contribution in [0.4, 0.5) is 4.39 Å². The standard InChI is InChI=1S/C18H18FNO4S/c19-13-5-1-2-7-15(13)23-10-11-24-18(22)14-6-3-9-20(14)17(21)16-8-4-12-25-16/h1-2,4-5,7-8,12,14H,3,6,9-11H2. The van der Waals surface area contributed by atoms with E-state index in [2.05, 4.69) is 0 Å². The van der Waals surface area contributed by atoms with Gasteiger partial charge in [-0.1, -0.05) is 18.2 Å². The Kier molecular flexibility index (Phi) is 5.65. The number of hydrogen-bond acceptors (Lipinski definition) is 5. The van der Waals surface area contributed by atoms with Gasteiger partial charge >= 0.3 is 5.97 Å². The second-order valence-corrected chi connectivity index (χ2v) is 6.53. The molecule has 2 aromatic rings. The molecule has 0 N–H and O–H groups in total. The number of carbonyl (C=O) groups excluding carboxylic acids is 2. The molecule has 1 aliphatic rings. The Hall–Kier alpha value is -2.41. The molecule has 0 bridgehead atoms. The molecule has 132 valence electrons. The van der Waals surface area contributed by atoms with Crippen molar-refractivity contribution in [3.63, 3.8) is 0 Å². The summed E-state index contributed by atoms with van der Waals surface area (Å²) in [5.41, 5.74) is 0. The van der Waals surface area contributed by atoms with Crippen molar-refractivity contribution in [3.05, 3.63) is 52.5 Å². The molecule has 1 amide bonds. The van der Waals surface area contributed by atoms with E-state index in [1.807, 2.05) is 5.38 Å². The summed E-state index contributed by atoms with van der Waals surface area (Å²) in [4.78, 5) is 26.9. The van der Waals surface area contributed by atoms with Crippen LogP contribution in [0.1, 0.15) is 22.5 Å². The van der Waals surface area contributed by atoms with Crippen LogP contribution in [0.2, 0.25) is 0 Å². The number of halogens is 1. The van der Waals surface area contributed by atoms with Crippen molar-refractivity contribution < 1.29 is 23.5 Å². The molecule has 25 heavy (non-hydrogen) atoms. The van der Waals surface area contributed by atoms with Crippen molar-refractivity contribution in [1.82, 2.24) is 4.90 Å². The third kappa shape index (κ3) is 4.17. The minimum Gasteiger partial charge on any atom is -0.487 e.